The van der Waals surface area contributed by atoms with Gasteiger partial charge in [-0.25, -0.2) is 9.97 Å². The molecule has 0 saturated carbocycles. The van der Waals surface area contributed by atoms with Gasteiger partial charge in [-0.2, -0.15) is 0 Å². The van der Waals surface area contributed by atoms with Gasteiger partial charge in [0, 0.05) is 19.3 Å². The van der Waals surface area contributed by atoms with Crippen LogP contribution < -0.4 is 0 Å². The van der Waals surface area contributed by atoms with Crippen LogP contribution in [0.5, 0.6) is 0 Å². The summed E-state index contributed by atoms with van der Waals surface area (Å²) in [7, 11) is 0. The molecule has 1 fully saturated rings. The fourth-order valence-corrected chi connectivity index (χ4v) is 2.34. The molecule has 2 N–H and O–H groups in total. The molecule has 0 aliphatic carbocycles. The zero-order valence-electron chi connectivity index (χ0n) is 11.1. The van der Waals surface area contributed by atoms with Crippen LogP contribution in [0, 0.1) is 0 Å². The lowest BCUT2D eigenvalue weighted by Gasteiger charge is -2.34. The van der Waals surface area contributed by atoms with Gasteiger partial charge in [-0.1, -0.05) is 0 Å². The molecule has 1 aliphatic rings. The van der Waals surface area contributed by atoms with Crippen molar-refractivity contribution in [1.29, 1.82) is 0 Å². The second-order valence-corrected chi connectivity index (χ2v) is 4.86. The summed E-state index contributed by atoms with van der Waals surface area (Å²) >= 11 is 0. The number of carbonyl (C=O) groups is 1. The maximum atomic E-state index is 12.6. The number of morpholine rings is 1. The molecule has 1 aliphatic heterocycles. The summed E-state index contributed by atoms with van der Waals surface area (Å²) in [6.45, 7) is 2.95. The first-order chi connectivity index (χ1) is 9.66. The Morgan fingerprint density at radius 3 is 3.25 bits per heavy atom. The molecule has 2 aromatic heterocycles. The molecule has 0 radical (unpaired) electrons. The summed E-state index contributed by atoms with van der Waals surface area (Å²) in [5.41, 5.74) is 1.02. The summed E-state index contributed by atoms with van der Waals surface area (Å²) in [5.74, 6) is -0.161. The molecule has 0 spiro atoms. The number of fused-ring (bicyclic) bond motifs is 1. The number of amides is 1. The van der Waals surface area contributed by atoms with Crippen LogP contribution in [0.3, 0.4) is 0 Å². The number of aromatic amines is 1. The van der Waals surface area contributed by atoms with E-state index in [-0.39, 0.29) is 12.0 Å². The molecule has 3 heterocycles. The number of aliphatic hydroxyl groups excluding tert-OH is 1. The van der Waals surface area contributed by atoms with Crippen LogP contribution in [0.1, 0.15) is 17.4 Å². The van der Waals surface area contributed by atoms with Crippen molar-refractivity contribution in [3.05, 3.63) is 24.3 Å². The molecule has 2 atom stereocenters. The monoisotopic (exact) mass is 276 g/mol. The summed E-state index contributed by atoms with van der Waals surface area (Å²) in [6, 6.07) is 1.79. The molecule has 0 aromatic carbocycles. The van der Waals surface area contributed by atoms with Crippen molar-refractivity contribution in [3.8, 4) is 0 Å². The highest BCUT2D eigenvalue weighted by molar-refractivity contribution is 6.03. The molecule has 20 heavy (non-hydrogen) atoms. The van der Waals surface area contributed by atoms with Crippen LogP contribution in [0.15, 0.2) is 18.6 Å². The molecule has 7 heteroatoms. The van der Waals surface area contributed by atoms with E-state index in [4.69, 9.17) is 4.74 Å². The third-order valence-corrected chi connectivity index (χ3v) is 3.48. The van der Waals surface area contributed by atoms with Crippen LogP contribution in [0.4, 0.5) is 0 Å². The number of aliphatic hydroxyl groups is 1. The quantitative estimate of drug-likeness (QED) is 0.816. The van der Waals surface area contributed by atoms with E-state index in [0.29, 0.717) is 36.4 Å². The van der Waals surface area contributed by atoms with Gasteiger partial charge >= 0.3 is 0 Å². The summed E-state index contributed by atoms with van der Waals surface area (Å²) in [5, 5.41) is 10.3. The molecule has 1 amide bonds. The zero-order valence-corrected chi connectivity index (χ0v) is 11.1. The van der Waals surface area contributed by atoms with Gasteiger partial charge in [0.15, 0.2) is 0 Å². The van der Waals surface area contributed by atoms with Gasteiger partial charge in [0.1, 0.15) is 23.8 Å². The predicted octanol–water partition coefficient (Wildman–Crippen LogP) is 0.180. The van der Waals surface area contributed by atoms with Crippen LogP contribution in [0.25, 0.3) is 11.0 Å². The largest absolute Gasteiger partial charge is 0.391 e. The number of ether oxygens (including phenoxy) is 1. The highest BCUT2D eigenvalue weighted by atomic mass is 16.5. The van der Waals surface area contributed by atoms with Crippen LogP contribution in [-0.2, 0) is 4.74 Å². The summed E-state index contributed by atoms with van der Waals surface area (Å²) in [6.07, 6.45) is 2.15. The average molecular weight is 276 g/mol. The van der Waals surface area contributed by atoms with Gasteiger partial charge in [-0.3, -0.25) is 4.79 Å². The molecular formula is C13H16N4O3. The molecule has 106 valence electrons. The van der Waals surface area contributed by atoms with E-state index >= 15 is 0 Å². The number of H-pyrrole nitrogens is 1. The highest BCUT2D eigenvalue weighted by Crippen LogP contribution is 2.17. The van der Waals surface area contributed by atoms with E-state index in [0.717, 1.165) is 0 Å². The molecule has 7 nitrogen and oxygen atoms in total. The number of nitrogens with one attached hydrogen (secondary N) is 1. The molecule has 3 rings (SSSR count). The molecule has 2 unspecified atom stereocenters. The minimum Gasteiger partial charge on any atom is -0.391 e. The van der Waals surface area contributed by atoms with Gasteiger partial charge in [-0.05, 0) is 13.0 Å². The topological polar surface area (TPSA) is 91.3 Å². The van der Waals surface area contributed by atoms with Gasteiger partial charge in [0.05, 0.1) is 18.1 Å². The fourth-order valence-electron chi connectivity index (χ4n) is 2.34. The lowest BCUT2D eigenvalue weighted by atomic mass is 10.1. The number of hydrogen-bond donors (Lipinski definition) is 2. The van der Waals surface area contributed by atoms with Crippen molar-refractivity contribution in [2.45, 2.75) is 19.1 Å². The van der Waals surface area contributed by atoms with Gasteiger partial charge in [0.2, 0.25) is 0 Å². The third kappa shape index (κ3) is 2.25. The van der Waals surface area contributed by atoms with E-state index < -0.39 is 6.10 Å². The molecule has 2 aromatic rings. The van der Waals surface area contributed by atoms with E-state index in [1.165, 1.54) is 6.33 Å². The second kappa shape index (κ2) is 5.18. The van der Waals surface area contributed by atoms with E-state index in [1.54, 1.807) is 24.1 Å². The second-order valence-electron chi connectivity index (χ2n) is 4.86. The Morgan fingerprint density at radius 1 is 1.60 bits per heavy atom. The normalized spacial score (nSPS) is 21.1. The number of nitrogens with zero attached hydrogens (tertiary/aromatic N) is 3. The molecule has 1 saturated heterocycles. The number of carbonyl (C=O) groups excluding carboxylic acids is 1. The maximum Gasteiger partial charge on any atom is 0.273 e. The van der Waals surface area contributed by atoms with E-state index in [9.17, 15) is 9.90 Å². The molecule has 0 bridgehead atoms. The van der Waals surface area contributed by atoms with Gasteiger partial charge < -0.3 is 19.7 Å². The standard InChI is InChI=1S/C13H16N4O3/c1-8(18)10-6-17(4-5-20-10)13(19)11-9-2-3-14-12(9)16-7-15-11/h2-3,7-8,10,18H,4-6H2,1H3,(H,14,15,16). The summed E-state index contributed by atoms with van der Waals surface area (Å²) in [4.78, 5) is 25.4. The minimum atomic E-state index is -0.608. The van der Waals surface area contributed by atoms with Crippen molar-refractivity contribution in [1.82, 2.24) is 19.9 Å². The van der Waals surface area contributed by atoms with Crippen LogP contribution >= 0.6 is 0 Å². The lowest BCUT2D eigenvalue weighted by molar-refractivity contribution is -0.0745. The lowest BCUT2D eigenvalue weighted by Crippen LogP contribution is -2.49. The highest BCUT2D eigenvalue weighted by Gasteiger charge is 2.29. The SMILES string of the molecule is CC(O)C1CN(C(=O)c2ncnc3[nH]ccc23)CCO1. The Balaban J connectivity index is 1.87. The van der Waals surface area contributed by atoms with Crippen LogP contribution in [-0.4, -0.2) is 62.8 Å². The number of hydrogen-bond acceptors (Lipinski definition) is 5. The van der Waals surface area contributed by atoms with Crippen LogP contribution in [0.2, 0.25) is 0 Å². The Bertz CT molecular complexity index is 625. The van der Waals surface area contributed by atoms with Crippen molar-refractivity contribution < 1.29 is 14.6 Å². The average Bonchev–Trinajstić information content (AvgIpc) is 2.95. The zero-order chi connectivity index (χ0) is 14.1. The maximum absolute atomic E-state index is 12.6. The predicted molar refractivity (Wildman–Crippen MR) is 71.2 cm³/mol. The van der Waals surface area contributed by atoms with Crippen molar-refractivity contribution in [3.63, 3.8) is 0 Å². The Morgan fingerprint density at radius 2 is 2.45 bits per heavy atom. The van der Waals surface area contributed by atoms with E-state index in [2.05, 4.69) is 15.0 Å². The van der Waals surface area contributed by atoms with E-state index in [1.807, 2.05) is 0 Å². The molecular weight excluding hydrogens is 260 g/mol. The third-order valence-electron chi connectivity index (χ3n) is 3.48. The first-order valence-electron chi connectivity index (χ1n) is 6.54. The van der Waals surface area contributed by atoms with Gasteiger partial charge in [-0.15, -0.1) is 0 Å². The first kappa shape index (κ1) is 13.0. The van der Waals surface area contributed by atoms with Gasteiger partial charge in [0.25, 0.3) is 5.91 Å². The van der Waals surface area contributed by atoms with Crippen molar-refractivity contribution in [2.24, 2.45) is 0 Å². The smallest absolute Gasteiger partial charge is 0.273 e. The first-order valence-corrected chi connectivity index (χ1v) is 6.54. The Hall–Kier alpha value is -1.99. The Kier molecular flexibility index (Phi) is 3.37. The van der Waals surface area contributed by atoms with Crippen molar-refractivity contribution >= 4 is 16.9 Å². The summed E-state index contributed by atoms with van der Waals surface area (Å²) < 4.78 is 5.45. The fraction of sp³-hybridized carbons (Fsp3) is 0.462. The Labute approximate surface area is 115 Å². The minimum absolute atomic E-state index is 0.161. The number of aromatic nitrogens is 3. The van der Waals surface area contributed by atoms with Crippen molar-refractivity contribution in [2.75, 3.05) is 19.7 Å². The number of rotatable bonds is 2.